The highest BCUT2D eigenvalue weighted by atomic mass is 32.1. The van der Waals surface area contributed by atoms with Crippen LogP contribution in [0.15, 0.2) is 79.0 Å². The van der Waals surface area contributed by atoms with Gasteiger partial charge in [0.15, 0.2) is 5.11 Å². The van der Waals surface area contributed by atoms with E-state index in [4.69, 9.17) is 21.9 Å². The molecule has 0 saturated carbocycles. The average molecular weight is 554 g/mol. The molecule has 7 heteroatoms. The number of rotatable bonds is 9. The van der Waals surface area contributed by atoms with Crippen molar-refractivity contribution in [3.05, 3.63) is 102 Å². The number of hydrogen-bond donors (Lipinski definition) is 1. The van der Waals surface area contributed by atoms with Crippen molar-refractivity contribution in [1.29, 1.82) is 0 Å². The van der Waals surface area contributed by atoms with E-state index in [1.807, 2.05) is 44.3 Å². The van der Waals surface area contributed by atoms with Crippen molar-refractivity contribution in [1.82, 2.24) is 14.9 Å². The number of thiocarbonyl (C=S) groups is 1. The molecule has 0 unspecified atom stereocenters. The lowest BCUT2D eigenvalue weighted by Gasteiger charge is -2.28. The molecule has 40 heavy (non-hydrogen) atoms. The third kappa shape index (κ3) is 5.30. The molecule has 1 aliphatic rings. The minimum Gasteiger partial charge on any atom is -0.491 e. The van der Waals surface area contributed by atoms with E-state index in [0.29, 0.717) is 5.11 Å². The third-order valence-corrected chi connectivity index (χ3v) is 7.92. The summed E-state index contributed by atoms with van der Waals surface area (Å²) in [6.07, 6.45) is 1.96. The smallest absolute Gasteiger partial charge is 0.174 e. The van der Waals surface area contributed by atoms with Crippen LogP contribution < -0.4 is 19.9 Å². The molecule has 1 saturated heterocycles. The molecule has 0 radical (unpaired) electrons. The molecule has 1 fully saturated rings. The number of nitrogens with one attached hydrogen (secondary N) is 1. The van der Waals surface area contributed by atoms with Crippen LogP contribution in [0.1, 0.15) is 62.4 Å². The highest BCUT2D eigenvalue weighted by molar-refractivity contribution is 7.80. The van der Waals surface area contributed by atoms with Crippen LogP contribution in [0.2, 0.25) is 0 Å². The molecule has 0 aliphatic carbocycles. The molecule has 2 atom stereocenters. The number of anilines is 2. The zero-order valence-electron chi connectivity index (χ0n) is 24.3. The Morgan fingerprint density at radius 1 is 0.950 bits per heavy atom. The second-order valence-electron chi connectivity index (χ2n) is 10.5. The number of ether oxygens (including phenoxy) is 1. The first kappa shape index (κ1) is 27.7. The van der Waals surface area contributed by atoms with E-state index in [0.717, 1.165) is 35.9 Å². The number of pyridine rings is 1. The number of benzene rings is 2. The van der Waals surface area contributed by atoms with Gasteiger partial charge in [-0.2, -0.15) is 0 Å². The van der Waals surface area contributed by atoms with Gasteiger partial charge in [-0.1, -0.05) is 6.07 Å². The van der Waals surface area contributed by atoms with Gasteiger partial charge in [-0.25, -0.2) is 0 Å². The van der Waals surface area contributed by atoms with Gasteiger partial charge < -0.3 is 24.4 Å². The van der Waals surface area contributed by atoms with Crippen molar-refractivity contribution in [2.24, 2.45) is 0 Å². The summed E-state index contributed by atoms with van der Waals surface area (Å²) in [4.78, 5) is 9.31. The summed E-state index contributed by atoms with van der Waals surface area (Å²) < 4.78 is 8.25. The van der Waals surface area contributed by atoms with Gasteiger partial charge in [0.1, 0.15) is 5.75 Å². The summed E-state index contributed by atoms with van der Waals surface area (Å²) in [5.41, 5.74) is 7.97. The molecule has 2 aromatic heterocycles. The summed E-state index contributed by atoms with van der Waals surface area (Å²) in [5, 5.41) is 4.28. The normalized spacial score (nSPS) is 16.9. The van der Waals surface area contributed by atoms with Crippen LogP contribution in [0.25, 0.3) is 5.69 Å². The lowest BCUT2D eigenvalue weighted by molar-refractivity contribution is 0.242. The van der Waals surface area contributed by atoms with E-state index < -0.39 is 0 Å². The fraction of sp³-hybridized carbons (Fsp3) is 0.333. The monoisotopic (exact) mass is 553 g/mol. The Balaban J connectivity index is 1.58. The van der Waals surface area contributed by atoms with Gasteiger partial charge in [0, 0.05) is 47.7 Å². The van der Waals surface area contributed by atoms with Crippen LogP contribution in [0.4, 0.5) is 11.4 Å². The predicted molar refractivity (Wildman–Crippen MR) is 169 cm³/mol. The molecule has 3 heterocycles. The summed E-state index contributed by atoms with van der Waals surface area (Å²) >= 11 is 5.96. The van der Waals surface area contributed by atoms with E-state index >= 15 is 0 Å². The number of aromatic nitrogens is 2. The second-order valence-corrected chi connectivity index (χ2v) is 10.9. The van der Waals surface area contributed by atoms with Crippen molar-refractivity contribution in [3.63, 3.8) is 0 Å². The zero-order valence-corrected chi connectivity index (χ0v) is 25.1. The third-order valence-electron chi connectivity index (χ3n) is 7.61. The number of nitrogens with zero attached hydrogens (tertiary/aromatic N) is 4. The Bertz CT molecular complexity index is 1440. The summed E-state index contributed by atoms with van der Waals surface area (Å²) in [6.45, 7) is 14.8. The summed E-state index contributed by atoms with van der Waals surface area (Å²) in [5.74, 6) is 0.848. The van der Waals surface area contributed by atoms with E-state index in [-0.39, 0.29) is 18.2 Å². The van der Waals surface area contributed by atoms with Crippen LogP contribution in [0.3, 0.4) is 0 Å². The molecule has 6 nitrogen and oxygen atoms in total. The largest absolute Gasteiger partial charge is 0.491 e. The van der Waals surface area contributed by atoms with E-state index in [9.17, 15) is 0 Å². The quantitative estimate of drug-likeness (QED) is 0.220. The Morgan fingerprint density at radius 2 is 1.62 bits per heavy atom. The Labute approximate surface area is 243 Å². The Hall–Kier alpha value is -3.84. The molecular weight excluding hydrogens is 514 g/mol. The predicted octanol–water partition coefficient (Wildman–Crippen LogP) is 7.30. The fourth-order valence-electron chi connectivity index (χ4n) is 5.79. The zero-order chi connectivity index (χ0) is 28.4. The minimum absolute atomic E-state index is 0.0748. The maximum atomic E-state index is 5.96. The minimum atomic E-state index is -0.0979. The highest BCUT2D eigenvalue weighted by Gasteiger charge is 2.42. The highest BCUT2D eigenvalue weighted by Crippen LogP contribution is 2.44. The molecule has 0 bridgehead atoms. The van der Waals surface area contributed by atoms with Gasteiger partial charge >= 0.3 is 0 Å². The molecule has 0 amide bonds. The first-order valence-corrected chi connectivity index (χ1v) is 14.5. The average Bonchev–Trinajstić information content (AvgIpc) is 3.45. The number of aryl methyl sites for hydroxylation is 1. The van der Waals surface area contributed by atoms with Crippen molar-refractivity contribution < 1.29 is 4.74 Å². The van der Waals surface area contributed by atoms with Crippen molar-refractivity contribution >= 4 is 28.7 Å². The Morgan fingerprint density at radius 3 is 2.23 bits per heavy atom. The van der Waals surface area contributed by atoms with Gasteiger partial charge in [-0.3, -0.25) is 4.98 Å². The lowest BCUT2D eigenvalue weighted by Crippen LogP contribution is -2.29. The van der Waals surface area contributed by atoms with E-state index in [2.05, 4.69) is 95.9 Å². The maximum absolute atomic E-state index is 5.96. The van der Waals surface area contributed by atoms with E-state index in [1.54, 1.807) is 0 Å². The summed E-state index contributed by atoms with van der Waals surface area (Å²) in [6, 6.07) is 25.3. The van der Waals surface area contributed by atoms with Gasteiger partial charge in [0.2, 0.25) is 0 Å². The molecule has 1 N–H and O–H groups in total. The van der Waals surface area contributed by atoms with Crippen molar-refractivity contribution in [3.8, 4) is 11.4 Å². The topological polar surface area (TPSA) is 45.6 Å². The van der Waals surface area contributed by atoms with Crippen molar-refractivity contribution in [2.45, 2.75) is 59.7 Å². The first-order valence-electron chi connectivity index (χ1n) is 14.1. The fourth-order valence-corrected chi connectivity index (χ4v) is 6.14. The van der Waals surface area contributed by atoms with Crippen molar-refractivity contribution in [2.75, 3.05) is 22.9 Å². The SMILES string of the molecule is CCN(CC)c1ccc(-n2c(C)cc([C@H]3[C@@H](c4ccccn4)NC(=S)N3c3ccc(OC(C)C)cc3)c2C)cc1. The second kappa shape index (κ2) is 11.7. The van der Waals surface area contributed by atoms with Gasteiger partial charge in [-0.15, -0.1) is 0 Å². The van der Waals surface area contributed by atoms with Crippen LogP contribution in [-0.2, 0) is 0 Å². The van der Waals surface area contributed by atoms with E-state index in [1.165, 1.54) is 22.6 Å². The number of hydrogen-bond acceptors (Lipinski definition) is 4. The molecule has 4 aromatic rings. The molecule has 1 aliphatic heterocycles. The maximum Gasteiger partial charge on any atom is 0.174 e. The van der Waals surface area contributed by atoms with Crippen LogP contribution in [0.5, 0.6) is 5.75 Å². The van der Waals surface area contributed by atoms with Gasteiger partial charge in [0.05, 0.1) is 23.9 Å². The molecule has 208 valence electrons. The molecular formula is C33H39N5OS. The van der Waals surface area contributed by atoms with Crippen LogP contribution in [0, 0.1) is 13.8 Å². The standard InChI is InChI=1S/C33H39N5OS/c1-7-36(8-2)25-12-14-26(15-13-25)37-23(5)21-29(24(37)6)32-31(30-11-9-10-20-34-30)35-33(40)38(32)27-16-18-28(19-17-27)39-22(3)4/h9-22,31-32H,7-8H2,1-6H3,(H,35,40)/t31-,32+/m1/s1. The molecule has 2 aromatic carbocycles. The van der Waals surface area contributed by atoms with Crippen LogP contribution >= 0.6 is 12.2 Å². The lowest BCUT2D eigenvalue weighted by atomic mass is 9.96. The van der Waals surface area contributed by atoms with Gasteiger partial charge in [0.25, 0.3) is 0 Å². The van der Waals surface area contributed by atoms with Gasteiger partial charge in [-0.05, 0) is 126 Å². The molecule has 0 spiro atoms. The summed E-state index contributed by atoms with van der Waals surface area (Å²) in [7, 11) is 0. The molecule has 5 rings (SSSR count). The Kier molecular flexibility index (Phi) is 8.12. The first-order chi connectivity index (χ1) is 19.3. The van der Waals surface area contributed by atoms with Crippen LogP contribution in [-0.4, -0.2) is 33.9 Å².